The lowest BCUT2D eigenvalue weighted by atomic mass is 10.0. The van der Waals surface area contributed by atoms with Crippen LogP contribution in [0.15, 0.2) is 40.4 Å². The van der Waals surface area contributed by atoms with Gasteiger partial charge in [0.2, 0.25) is 0 Å². The van der Waals surface area contributed by atoms with Gasteiger partial charge in [0.15, 0.2) is 0 Å². The molecule has 1 aromatic rings. The molecule has 0 amide bonds. The van der Waals surface area contributed by atoms with Crippen molar-refractivity contribution in [3.05, 3.63) is 51.5 Å². The first-order valence-electron chi connectivity index (χ1n) is 6.17. The molecule has 0 saturated heterocycles. The third-order valence-corrected chi connectivity index (χ3v) is 2.98. The zero-order valence-electron chi connectivity index (χ0n) is 11.6. The summed E-state index contributed by atoms with van der Waals surface area (Å²) in [5, 5.41) is 0. The van der Waals surface area contributed by atoms with Crippen LogP contribution in [0.1, 0.15) is 45.2 Å². The molecule has 0 fully saturated rings. The molecule has 17 heavy (non-hydrogen) atoms. The zero-order valence-corrected chi connectivity index (χ0v) is 13.2. The van der Waals surface area contributed by atoms with Crippen LogP contribution in [-0.2, 0) is 0 Å². The van der Waals surface area contributed by atoms with Crippen molar-refractivity contribution in [1.29, 1.82) is 0 Å². The van der Waals surface area contributed by atoms with Gasteiger partial charge >= 0.3 is 0 Å². The fourth-order valence-electron chi connectivity index (χ4n) is 1.52. The van der Waals surface area contributed by atoms with Gasteiger partial charge in [-0.15, -0.1) is 0 Å². The van der Waals surface area contributed by atoms with Crippen molar-refractivity contribution in [3.8, 4) is 0 Å². The number of aryl methyl sites for hydroxylation is 1. The summed E-state index contributed by atoms with van der Waals surface area (Å²) >= 11 is 3.47. The summed E-state index contributed by atoms with van der Waals surface area (Å²) < 4.78 is 1.13. The minimum absolute atomic E-state index is 1.03. The second-order valence-electron chi connectivity index (χ2n) is 3.80. The summed E-state index contributed by atoms with van der Waals surface area (Å²) in [4.78, 5) is 0. The van der Waals surface area contributed by atoms with E-state index in [1.165, 1.54) is 16.7 Å². The highest BCUT2D eigenvalue weighted by Gasteiger charge is 1.99. The van der Waals surface area contributed by atoms with Crippen molar-refractivity contribution in [2.24, 2.45) is 0 Å². The van der Waals surface area contributed by atoms with Crippen LogP contribution in [-0.4, -0.2) is 0 Å². The standard InChI is InChI=1S/C14H17Br.C2H6/c1-5-12(10(2)3)9-13-6-7-14(15)8-11(13)4;1-2/h6-9H,2,5H2,1,3-4H3;1-2H3/b12-9+;. The Morgan fingerprint density at radius 3 is 2.35 bits per heavy atom. The van der Waals surface area contributed by atoms with E-state index in [-0.39, 0.29) is 0 Å². The molecule has 0 aliphatic carbocycles. The van der Waals surface area contributed by atoms with E-state index in [1.807, 2.05) is 13.8 Å². The van der Waals surface area contributed by atoms with Gasteiger partial charge in [-0.05, 0) is 49.1 Å². The SMILES string of the molecule is C=C(C)/C(=C/c1ccc(Br)cc1C)CC.CC. The molecule has 0 aliphatic heterocycles. The maximum Gasteiger partial charge on any atom is 0.0178 e. The van der Waals surface area contributed by atoms with Crippen molar-refractivity contribution < 1.29 is 0 Å². The van der Waals surface area contributed by atoms with Crippen LogP contribution in [0.4, 0.5) is 0 Å². The topological polar surface area (TPSA) is 0 Å². The number of rotatable bonds is 3. The summed E-state index contributed by atoms with van der Waals surface area (Å²) in [7, 11) is 0. The van der Waals surface area contributed by atoms with Gasteiger partial charge in [-0.25, -0.2) is 0 Å². The molecular formula is C16H23Br. The van der Waals surface area contributed by atoms with E-state index in [0.29, 0.717) is 0 Å². The third-order valence-electron chi connectivity index (χ3n) is 2.49. The molecule has 1 rings (SSSR count). The van der Waals surface area contributed by atoms with E-state index in [2.05, 4.69) is 67.6 Å². The van der Waals surface area contributed by atoms with E-state index in [9.17, 15) is 0 Å². The molecule has 94 valence electrons. The summed E-state index contributed by atoms with van der Waals surface area (Å²) in [6.45, 7) is 14.3. The van der Waals surface area contributed by atoms with Crippen LogP contribution in [0.25, 0.3) is 6.08 Å². The Morgan fingerprint density at radius 1 is 1.35 bits per heavy atom. The van der Waals surface area contributed by atoms with Crippen molar-refractivity contribution in [2.75, 3.05) is 0 Å². The van der Waals surface area contributed by atoms with Gasteiger partial charge in [-0.3, -0.25) is 0 Å². The summed E-state index contributed by atoms with van der Waals surface area (Å²) in [6, 6.07) is 6.35. The summed E-state index contributed by atoms with van der Waals surface area (Å²) in [6.07, 6.45) is 3.26. The number of benzene rings is 1. The van der Waals surface area contributed by atoms with Gasteiger partial charge < -0.3 is 0 Å². The van der Waals surface area contributed by atoms with Crippen molar-refractivity contribution in [2.45, 2.75) is 41.0 Å². The molecule has 0 aromatic heterocycles. The second-order valence-corrected chi connectivity index (χ2v) is 4.72. The van der Waals surface area contributed by atoms with E-state index >= 15 is 0 Å². The largest absolute Gasteiger partial charge is 0.0958 e. The summed E-state index contributed by atoms with van der Waals surface area (Å²) in [5.74, 6) is 0. The minimum atomic E-state index is 1.03. The molecule has 0 saturated carbocycles. The van der Waals surface area contributed by atoms with Crippen LogP contribution in [0.3, 0.4) is 0 Å². The number of halogens is 1. The summed E-state index contributed by atoms with van der Waals surface area (Å²) in [5.41, 5.74) is 5.04. The molecule has 0 nitrogen and oxygen atoms in total. The predicted octanol–water partition coefficient (Wildman–Crippen LogP) is 6.15. The number of hydrogen-bond donors (Lipinski definition) is 0. The third kappa shape index (κ3) is 5.36. The Bertz CT molecular complexity index is 400. The maximum absolute atomic E-state index is 3.99. The molecule has 0 bridgehead atoms. The van der Waals surface area contributed by atoms with Crippen LogP contribution in [0.2, 0.25) is 0 Å². The van der Waals surface area contributed by atoms with Crippen LogP contribution in [0, 0.1) is 6.92 Å². The van der Waals surface area contributed by atoms with Crippen molar-refractivity contribution >= 4 is 22.0 Å². The fourth-order valence-corrected chi connectivity index (χ4v) is 1.99. The zero-order chi connectivity index (χ0) is 13.4. The Morgan fingerprint density at radius 2 is 1.94 bits per heavy atom. The first-order valence-corrected chi connectivity index (χ1v) is 6.96. The average molecular weight is 295 g/mol. The van der Waals surface area contributed by atoms with E-state index in [4.69, 9.17) is 0 Å². The van der Waals surface area contributed by atoms with E-state index in [1.54, 1.807) is 0 Å². The van der Waals surface area contributed by atoms with Gasteiger partial charge in [-0.1, -0.05) is 61.0 Å². The smallest absolute Gasteiger partial charge is 0.0178 e. The Kier molecular flexibility index (Phi) is 7.90. The highest BCUT2D eigenvalue weighted by molar-refractivity contribution is 9.10. The lowest BCUT2D eigenvalue weighted by Gasteiger charge is -2.06. The molecular weight excluding hydrogens is 272 g/mol. The molecule has 0 unspecified atom stereocenters. The first kappa shape index (κ1) is 16.2. The molecule has 1 heteroatoms. The minimum Gasteiger partial charge on any atom is -0.0958 e. The Hall–Kier alpha value is -0.820. The van der Waals surface area contributed by atoms with Crippen LogP contribution in [0.5, 0.6) is 0 Å². The van der Waals surface area contributed by atoms with E-state index in [0.717, 1.165) is 16.5 Å². The van der Waals surface area contributed by atoms with Gasteiger partial charge in [-0.2, -0.15) is 0 Å². The molecule has 0 spiro atoms. The van der Waals surface area contributed by atoms with E-state index < -0.39 is 0 Å². The first-order chi connectivity index (χ1) is 8.04. The molecule has 0 atom stereocenters. The van der Waals surface area contributed by atoms with Crippen LogP contribution >= 0.6 is 15.9 Å². The van der Waals surface area contributed by atoms with Crippen LogP contribution < -0.4 is 0 Å². The fraction of sp³-hybridized carbons (Fsp3) is 0.375. The lowest BCUT2D eigenvalue weighted by Crippen LogP contribution is -1.85. The monoisotopic (exact) mass is 294 g/mol. The van der Waals surface area contributed by atoms with Gasteiger partial charge in [0.1, 0.15) is 0 Å². The predicted molar refractivity (Wildman–Crippen MR) is 83.3 cm³/mol. The van der Waals surface area contributed by atoms with Gasteiger partial charge in [0.25, 0.3) is 0 Å². The molecule has 0 aliphatic rings. The molecule has 0 radical (unpaired) electrons. The van der Waals surface area contributed by atoms with Gasteiger partial charge in [0, 0.05) is 4.47 Å². The Labute approximate surface area is 115 Å². The molecule has 0 heterocycles. The second kappa shape index (κ2) is 8.30. The Balaban J connectivity index is 0.00000121. The highest BCUT2D eigenvalue weighted by atomic mass is 79.9. The highest BCUT2D eigenvalue weighted by Crippen LogP contribution is 2.21. The van der Waals surface area contributed by atoms with Gasteiger partial charge in [0.05, 0.1) is 0 Å². The molecule has 1 aromatic carbocycles. The van der Waals surface area contributed by atoms with Crippen molar-refractivity contribution in [3.63, 3.8) is 0 Å². The number of hydrogen-bond acceptors (Lipinski definition) is 0. The maximum atomic E-state index is 3.99. The quantitative estimate of drug-likeness (QED) is 0.586. The van der Waals surface area contributed by atoms with Crippen molar-refractivity contribution in [1.82, 2.24) is 0 Å². The average Bonchev–Trinajstić information content (AvgIpc) is 2.30. The molecule has 0 N–H and O–H groups in total. The normalized spacial score (nSPS) is 10.6. The lowest BCUT2D eigenvalue weighted by molar-refractivity contribution is 1.12. The number of allylic oxidation sites excluding steroid dienone is 2.